The molecule has 2 nitrogen and oxygen atoms in total. The van der Waals surface area contributed by atoms with E-state index in [-0.39, 0.29) is 0 Å². The van der Waals surface area contributed by atoms with Crippen LogP contribution in [-0.2, 0) is 0 Å². The van der Waals surface area contributed by atoms with Gasteiger partial charge in [-0.2, -0.15) is 0 Å². The molecule has 1 atom stereocenters. The quantitative estimate of drug-likeness (QED) is 0.584. The van der Waals surface area contributed by atoms with E-state index >= 15 is 0 Å². The second-order valence-electron chi connectivity index (χ2n) is 4.82. The van der Waals surface area contributed by atoms with Gasteiger partial charge in [-0.25, -0.2) is 0 Å². The zero-order valence-electron chi connectivity index (χ0n) is 9.59. The van der Waals surface area contributed by atoms with Crippen molar-refractivity contribution in [3.8, 4) is 0 Å². The Hall–Kier alpha value is -0.860. The fraction of sp³-hybridized carbons (Fsp3) is 0.538. The minimum absolute atomic E-state index is 0.330. The summed E-state index contributed by atoms with van der Waals surface area (Å²) in [4.78, 5) is 0. The Morgan fingerprint density at radius 2 is 1.87 bits per heavy atom. The first-order valence-electron chi connectivity index (χ1n) is 5.73. The van der Waals surface area contributed by atoms with Crippen LogP contribution in [0, 0.1) is 19.8 Å². The Bertz CT molecular complexity index is 322. The highest BCUT2D eigenvalue weighted by Gasteiger charge is 2.25. The molecule has 1 fully saturated rings. The molecule has 1 aliphatic rings. The monoisotopic (exact) mass is 204 g/mol. The van der Waals surface area contributed by atoms with Gasteiger partial charge >= 0.3 is 0 Å². The molecule has 82 valence electrons. The lowest BCUT2D eigenvalue weighted by Gasteiger charge is -2.17. The molecule has 0 aromatic heterocycles. The third kappa shape index (κ3) is 2.80. The number of hydrogen-bond donors (Lipinski definition) is 2. The molecule has 0 aliphatic heterocycles. The van der Waals surface area contributed by atoms with Gasteiger partial charge in [0.05, 0.1) is 0 Å². The number of benzene rings is 1. The molecular weight excluding hydrogens is 184 g/mol. The third-order valence-corrected chi connectivity index (χ3v) is 3.11. The van der Waals surface area contributed by atoms with E-state index in [1.165, 1.54) is 36.0 Å². The Morgan fingerprint density at radius 1 is 1.27 bits per heavy atom. The summed E-state index contributed by atoms with van der Waals surface area (Å²) in [5, 5.41) is 0. The summed E-state index contributed by atoms with van der Waals surface area (Å²) in [5.74, 6) is 6.53. The van der Waals surface area contributed by atoms with E-state index in [0.717, 1.165) is 5.92 Å². The number of aryl methyl sites for hydroxylation is 2. The Labute approximate surface area is 91.8 Å². The van der Waals surface area contributed by atoms with Gasteiger partial charge in [-0.15, -0.1) is 0 Å². The van der Waals surface area contributed by atoms with Gasteiger partial charge in [0, 0.05) is 6.04 Å². The van der Waals surface area contributed by atoms with Gasteiger partial charge in [0.2, 0.25) is 0 Å². The number of nitrogens with one attached hydrogen (secondary N) is 1. The first kappa shape index (κ1) is 10.7. The Kier molecular flexibility index (Phi) is 3.08. The first-order chi connectivity index (χ1) is 7.19. The molecule has 0 spiro atoms. The lowest BCUT2D eigenvalue weighted by Crippen LogP contribution is -2.28. The summed E-state index contributed by atoms with van der Waals surface area (Å²) in [6.07, 6.45) is 3.94. The van der Waals surface area contributed by atoms with Crippen LogP contribution in [0.3, 0.4) is 0 Å². The van der Waals surface area contributed by atoms with E-state index in [1.807, 2.05) is 0 Å². The molecule has 15 heavy (non-hydrogen) atoms. The van der Waals surface area contributed by atoms with E-state index in [1.54, 1.807) is 0 Å². The average molecular weight is 204 g/mol. The number of rotatable bonds is 4. The fourth-order valence-electron chi connectivity index (χ4n) is 2.20. The average Bonchev–Trinajstić information content (AvgIpc) is 2.96. The molecule has 3 N–H and O–H groups in total. The van der Waals surface area contributed by atoms with Crippen LogP contribution in [0.1, 0.15) is 42.0 Å². The van der Waals surface area contributed by atoms with Crippen molar-refractivity contribution in [2.45, 2.75) is 39.2 Å². The van der Waals surface area contributed by atoms with Gasteiger partial charge in [0.1, 0.15) is 0 Å². The smallest absolute Gasteiger partial charge is 0.0462 e. The van der Waals surface area contributed by atoms with Gasteiger partial charge < -0.3 is 0 Å². The normalized spacial score (nSPS) is 17.8. The Morgan fingerprint density at radius 3 is 2.33 bits per heavy atom. The van der Waals surface area contributed by atoms with Crippen LogP contribution >= 0.6 is 0 Å². The summed E-state index contributed by atoms with van der Waals surface area (Å²) in [7, 11) is 0. The molecular formula is C13H20N2. The summed E-state index contributed by atoms with van der Waals surface area (Å²) in [5.41, 5.74) is 6.92. The maximum absolute atomic E-state index is 5.63. The molecule has 0 radical (unpaired) electrons. The van der Waals surface area contributed by atoms with Crippen LogP contribution in [0.25, 0.3) is 0 Å². The van der Waals surface area contributed by atoms with Crippen molar-refractivity contribution >= 4 is 0 Å². The van der Waals surface area contributed by atoms with Gasteiger partial charge in [-0.05, 0) is 31.7 Å². The third-order valence-electron chi connectivity index (χ3n) is 3.11. The van der Waals surface area contributed by atoms with E-state index in [9.17, 15) is 0 Å². The van der Waals surface area contributed by atoms with Crippen LogP contribution in [0.2, 0.25) is 0 Å². The van der Waals surface area contributed by atoms with Gasteiger partial charge in [0.25, 0.3) is 0 Å². The van der Waals surface area contributed by atoms with Crippen LogP contribution in [0.5, 0.6) is 0 Å². The van der Waals surface area contributed by atoms with Crippen LogP contribution < -0.4 is 11.3 Å². The molecule has 0 saturated heterocycles. The molecule has 2 heteroatoms. The molecule has 0 heterocycles. The lowest BCUT2D eigenvalue weighted by atomic mass is 9.98. The summed E-state index contributed by atoms with van der Waals surface area (Å²) >= 11 is 0. The van der Waals surface area contributed by atoms with Crippen LogP contribution in [-0.4, -0.2) is 0 Å². The predicted molar refractivity (Wildman–Crippen MR) is 63.3 cm³/mol. The van der Waals surface area contributed by atoms with Crippen molar-refractivity contribution in [2.75, 3.05) is 0 Å². The van der Waals surface area contributed by atoms with Gasteiger partial charge in [-0.3, -0.25) is 11.3 Å². The molecule has 1 unspecified atom stereocenters. The number of hydrazine groups is 1. The molecule has 1 aromatic carbocycles. The highest BCUT2D eigenvalue weighted by Crippen LogP contribution is 2.37. The maximum Gasteiger partial charge on any atom is 0.0462 e. The molecule has 2 rings (SSSR count). The van der Waals surface area contributed by atoms with Crippen molar-refractivity contribution in [1.82, 2.24) is 5.43 Å². The molecule has 1 aliphatic carbocycles. The van der Waals surface area contributed by atoms with Gasteiger partial charge in [0.15, 0.2) is 0 Å². The summed E-state index contributed by atoms with van der Waals surface area (Å²) < 4.78 is 0. The highest BCUT2D eigenvalue weighted by atomic mass is 15.2. The van der Waals surface area contributed by atoms with Crippen LogP contribution in [0.4, 0.5) is 0 Å². The fourth-order valence-corrected chi connectivity index (χ4v) is 2.20. The van der Waals surface area contributed by atoms with Crippen molar-refractivity contribution in [1.29, 1.82) is 0 Å². The topological polar surface area (TPSA) is 38.0 Å². The minimum atomic E-state index is 0.330. The van der Waals surface area contributed by atoms with Crippen LogP contribution in [0.15, 0.2) is 18.2 Å². The molecule has 0 amide bonds. The molecule has 1 aromatic rings. The standard InChI is InChI=1S/C13H20N2/c1-9-5-10(2)7-12(6-9)13(15-14)8-11-3-4-11/h5-7,11,13,15H,3-4,8,14H2,1-2H3. The van der Waals surface area contributed by atoms with E-state index in [4.69, 9.17) is 5.84 Å². The van der Waals surface area contributed by atoms with Crippen molar-refractivity contribution in [3.63, 3.8) is 0 Å². The number of hydrogen-bond acceptors (Lipinski definition) is 2. The molecule has 1 saturated carbocycles. The lowest BCUT2D eigenvalue weighted by molar-refractivity contribution is 0.487. The second-order valence-corrected chi connectivity index (χ2v) is 4.82. The van der Waals surface area contributed by atoms with E-state index in [0.29, 0.717) is 6.04 Å². The predicted octanol–water partition coefficient (Wildman–Crippen LogP) is 2.61. The SMILES string of the molecule is Cc1cc(C)cc(C(CC2CC2)NN)c1. The van der Waals surface area contributed by atoms with Crippen molar-refractivity contribution < 1.29 is 0 Å². The van der Waals surface area contributed by atoms with Gasteiger partial charge in [-0.1, -0.05) is 42.2 Å². The van der Waals surface area contributed by atoms with E-state index < -0.39 is 0 Å². The van der Waals surface area contributed by atoms with Crippen molar-refractivity contribution in [2.24, 2.45) is 11.8 Å². The second kappa shape index (κ2) is 4.33. The van der Waals surface area contributed by atoms with Crippen molar-refractivity contribution in [3.05, 3.63) is 34.9 Å². The largest absolute Gasteiger partial charge is 0.271 e. The maximum atomic E-state index is 5.63. The number of nitrogens with two attached hydrogens (primary N) is 1. The van der Waals surface area contributed by atoms with E-state index in [2.05, 4.69) is 37.5 Å². The highest BCUT2D eigenvalue weighted by molar-refractivity contribution is 5.30. The first-order valence-corrected chi connectivity index (χ1v) is 5.73. The Balaban J connectivity index is 2.16. The zero-order valence-corrected chi connectivity index (χ0v) is 9.59. The minimum Gasteiger partial charge on any atom is -0.271 e. The zero-order chi connectivity index (χ0) is 10.8. The molecule has 0 bridgehead atoms. The summed E-state index contributed by atoms with van der Waals surface area (Å²) in [6.45, 7) is 4.28. The summed E-state index contributed by atoms with van der Waals surface area (Å²) in [6, 6.07) is 7.00.